The van der Waals surface area contributed by atoms with Gasteiger partial charge in [-0.25, -0.2) is 39.9 Å². The molecule has 0 aliphatic carbocycles. The van der Waals surface area contributed by atoms with Gasteiger partial charge < -0.3 is 82.6 Å². The van der Waals surface area contributed by atoms with E-state index in [2.05, 4.69) is 172 Å². The van der Waals surface area contributed by atoms with Gasteiger partial charge in [0.05, 0.1) is 54.0 Å². The van der Waals surface area contributed by atoms with Crippen LogP contribution >= 0.6 is 45.3 Å². The zero-order valence-electron chi connectivity index (χ0n) is 86.9. The van der Waals surface area contributed by atoms with Gasteiger partial charge in [0.1, 0.15) is 46.0 Å². The number of thiazole rings is 4. The molecule has 8 aromatic rings. The van der Waals surface area contributed by atoms with Gasteiger partial charge in [-0.1, -0.05) is 27.7 Å². The van der Waals surface area contributed by atoms with E-state index >= 15 is 0 Å². The van der Waals surface area contributed by atoms with Gasteiger partial charge in [0.25, 0.3) is 47.3 Å². The van der Waals surface area contributed by atoms with E-state index in [1.807, 2.05) is 71.6 Å². The number of nitrogens with one attached hydrogen (secondary N) is 8. The van der Waals surface area contributed by atoms with Crippen LogP contribution in [-0.4, -0.2) is 249 Å². The number of carbonyl (C=O) groups is 8. The number of amides is 8. The fourth-order valence-electron chi connectivity index (χ4n) is 15.7. The van der Waals surface area contributed by atoms with Gasteiger partial charge in [0, 0.05) is 134 Å². The van der Waals surface area contributed by atoms with Crippen LogP contribution in [0.15, 0.2) is 49.1 Å². The number of pyridine rings is 4. The molecule has 9 atom stereocenters. The zero-order valence-corrected chi connectivity index (χ0v) is 90.2. The summed E-state index contributed by atoms with van der Waals surface area (Å²) in [6.07, 6.45) is 23.0. The molecule has 0 aromatic carbocycles. The summed E-state index contributed by atoms with van der Waals surface area (Å²) in [5.74, 6) is 0.869. The van der Waals surface area contributed by atoms with Gasteiger partial charge in [0.15, 0.2) is 20.0 Å². The molecule has 8 aromatic heterocycles. The van der Waals surface area contributed by atoms with E-state index in [1.54, 1.807) is 94.0 Å². The highest BCUT2D eigenvalue weighted by Gasteiger charge is 2.39. The first-order valence-corrected chi connectivity index (χ1v) is 52.7. The number of hydrogen-bond acceptors (Lipinski definition) is 28. The summed E-state index contributed by atoms with van der Waals surface area (Å²) in [6, 6.07) is 8.28. The van der Waals surface area contributed by atoms with Crippen LogP contribution in [0.4, 0.5) is 23.3 Å². The number of carbonyl (C=O) groups excluding carboxylic acids is 8. The van der Waals surface area contributed by atoms with Crippen molar-refractivity contribution in [1.82, 2.24) is 80.7 Å². The molecule has 139 heavy (non-hydrogen) atoms. The van der Waals surface area contributed by atoms with Crippen LogP contribution in [-0.2, 0) is 0 Å². The smallest absolute Gasteiger partial charge is 0.280 e. The lowest BCUT2D eigenvalue weighted by atomic mass is 10.0. The quantitative estimate of drug-likeness (QED) is 0.0186. The Balaban J connectivity index is 0.000000207. The molecule has 8 amide bonds. The monoisotopic (exact) mass is 1990 g/mol. The Kier molecular flexibility index (Phi) is 39.7. The number of likely N-dealkylation sites (tertiary alicyclic amines) is 4. The lowest BCUT2D eigenvalue weighted by molar-refractivity contribution is 0.0408. The summed E-state index contributed by atoms with van der Waals surface area (Å²) < 4.78 is 0. The van der Waals surface area contributed by atoms with Crippen LogP contribution in [0.25, 0.3) is 41.8 Å². The van der Waals surface area contributed by atoms with Crippen molar-refractivity contribution in [2.45, 2.75) is 372 Å². The largest absolute Gasteiger partial charge is 0.389 e. The molecule has 4 aliphatic heterocycles. The van der Waals surface area contributed by atoms with E-state index in [4.69, 9.17) is 0 Å². The summed E-state index contributed by atoms with van der Waals surface area (Å²) >= 11 is 4.77. The molecule has 762 valence electrons. The SMILES string of the molecule is CCC(C)(C)Nc1cc(C)c(-c2sc(C(=O)NCC(C)(C)O)nc2C(=O)N2CCCC[C@@H]2C)cn1.CC[C@@H](C)Nc1cc(C)c(-c2sc(C(=O)NCC(C)(C)O)nc2C(=O)N2CCCC[C@@H]2C)cn1.CC[C@@H](C)Nc1cc(C)c(-c2sc(C(=O)N[C@@H](C)C(C)(C)O)nc2C(=O)N2CCCC[C@@H]2C)cn1.CC[C@@H](C)Nc1cc(C)c(-c2sc(C(=O)N[C@H](C)C(C)(C)O)nc2C(=O)N2CCCC[C@@H]2C)cn1. The Bertz CT molecular complexity index is 5400. The number of aryl methyl sites for hydroxylation is 4. The van der Waals surface area contributed by atoms with Crippen LogP contribution in [0, 0.1) is 27.7 Å². The highest BCUT2D eigenvalue weighted by molar-refractivity contribution is 7.18. The van der Waals surface area contributed by atoms with Crippen LogP contribution in [0.1, 0.15) is 365 Å². The van der Waals surface area contributed by atoms with Gasteiger partial charge in [-0.3, -0.25) is 38.4 Å². The molecule has 36 heteroatoms. The summed E-state index contributed by atoms with van der Waals surface area (Å²) in [6.45, 7) is 54.6. The minimum atomic E-state index is -1.09. The normalized spacial score (nSPS) is 17.6. The second kappa shape index (κ2) is 49.1. The van der Waals surface area contributed by atoms with Gasteiger partial charge >= 0.3 is 0 Å². The predicted octanol–water partition coefficient (Wildman–Crippen LogP) is 18.1. The fourth-order valence-corrected chi connectivity index (χ4v) is 19.9. The summed E-state index contributed by atoms with van der Waals surface area (Å²) in [4.78, 5) is 153. The molecule has 0 unspecified atom stereocenters. The predicted molar refractivity (Wildman–Crippen MR) is 560 cm³/mol. The Morgan fingerprint density at radius 1 is 0.374 bits per heavy atom. The molecule has 32 nitrogen and oxygen atoms in total. The Hall–Kier alpha value is -10.1. The van der Waals surface area contributed by atoms with Gasteiger partial charge in [-0.15, -0.1) is 45.3 Å². The van der Waals surface area contributed by atoms with E-state index < -0.39 is 58.1 Å². The minimum absolute atomic E-state index is 0.0847. The lowest BCUT2D eigenvalue weighted by Crippen LogP contribution is -2.47. The number of rotatable bonds is 32. The second-order valence-electron chi connectivity index (χ2n) is 41.1. The maximum atomic E-state index is 13.6. The maximum Gasteiger partial charge on any atom is 0.280 e. The maximum absolute atomic E-state index is 13.6. The van der Waals surface area contributed by atoms with E-state index in [9.17, 15) is 58.8 Å². The number of hydrogen-bond donors (Lipinski definition) is 12. The van der Waals surface area contributed by atoms with Gasteiger partial charge in [-0.05, 0) is 308 Å². The van der Waals surface area contributed by atoms with Crippen molar-refractivity contribution < 1.29 is 58.8 Å². The topological polar surface area (TPSA) is 430 Å². The van der Waals surface area contributed by atoms with Crippen molar-refractivity contribution in [1.29, 1.82) is 0 Å². The van der Waals surface area contributed by atoms with Gasteiger partial charge in [0.2, 0.25) is 0 Å². The molecule has 0 bridgehead atoms. The Labute approximate surface area is 838 Å². The van der Waals surface area contributed by atoms with Crippen LogP contribution in [0.2, 0.25) is 0 Å². The molecule has 12 heterocycles. The summed E-state index contributed by atoms with van der Waals surface area (Å²) in [5.41, 5.74) is 3.76. The Morgan fingerprint density at radius 3 is 0.827 bits per heavy atom. The first-order valence-electron chi connectivity index (χ1n) is 49.5. The molecule has 12 N–H and O–H groups in total. The van der Waals surface area contributed by atoms with Crippen molar-refractivity contribution in [2.75, 3.05) is 60.5 Å². The van der Waals surface area contributed by atoms with Crippen molar-refractivity contribution >= 4 is 116 Å². The van der Waals surface area contributed by atoms with E-state index in [0.717, 1.165) is 171 Å². The zero-order chi connectivity index (χ0) is 103. The summed E-state index contributed by atoms with van der Waals surface area (Å²) in [7, 11) is 0. The Morgan fingerprint density at radius 2 is 0.612 bits per heavy atom. The first kappa shape index (κ1) is 113. The van der Waals surface area contributed by atoms with Crippen molar-refractivity contribution in [3.8, 4) is 41.8 Å². The third kappa shape index (κ3) is 31.0. The summed E-state index contributed by atoms with van der Waals surface area (Å²) in [5, 5.41) is 65.9. The van der Waals surface area contributed by atoms with E-state index in [1.165, 1.54) is 45.3 Å². The lowest BCUT2D eigenvalue weighted by Gasteiger charge is -2.33. The third-order valence-electron chi connectivity index (χ3n) is 26.3. The highest BCUT2D eigenvalue weighted by atomic mass is 32.1. The van der Waals surface area contributed by atoms with Crippen molar-refractivity contribution in [2.24, 2.45) is 0 Å². The fraction of sp³-hybridized carbons (Fsp3) is 0.612. The van der Waals surface area contributed by atoms with E-state index in [0.29, 0.717) is 69.5 Å². The average Bonchev–Trinajstić information content (AvgIpc) is 1.66. The molecule has 0 radical (unpaired) electrons. The molecule has 4 fully saturated rings. The van der Waals surface area contributed by atoms with Crippen LogP contribution in [0.3, 0.4) is 0 Å². The second-order valence-corrected chi connectivity index (χ2v) is 45.1. The molecular formula is C103H154N20O12S4. The highest BCUT2D eigenvalue weighted by Crippen LogP contribution is 2.42. The molecule has 0 saturated carbocycles. The average molecular weight is 1990 g/mol. The number of anilines is 4. The molecule has 4 aliphatic rings. The van der Waals surface area contributed by atoms with E-state index in [-0.39, 0.29) is 104 Å². The minimum Gasteiger partial charge on any atom is -0.389 e. The molecule has 12 rings (SSSR count). The van der Waals surface area contributed by atoms with Crippen molar-refractivity contribution in [3.05, 3.63) is 114 Å². The molecule has 4 saturated heterocycles. The van der Waals surface area contributed by atoms with Crippen LogP contribution < -0.4 is 42.5 Å². The first-order chi connectivity index (χ1) is 65.1. The molecule has 0 spiro atoms. The third-order valence-corrected chi connectivity index (χ3v) is 30.7. The molecular weight excluding hydrogens is 1840 g/mol. The number of piperidine rings is 4. The van der Waals surface area contributed by atoms with Gasteiger partial charge in [-0.2, -0.15) is 0 Å². The number of aromatic nitrogens is 8. The standard InChI is InChI=1S/3C26H39N5O3S.C25H37N5O3S/c1-8-25(4,5)30-19-13-16(2)18(14-27-19)21-20(24(33)31-12-10-9-11-17(31)3)29-23(35-21)22(32)28-15-26(6,7)34;2*1-8-16(3)28-20-13-15(2)19(14-27-20)22-21(25(33)31-12-10-9-11-17(31)4)30-24(35-22)23(32)29-18(5)26(6,7)34;1-7-16(3)28-19-12-15(2)18(13-26-19)21-20(24(32)30-11-9-8-10-17(30)4)29-23(34-21)22(31)27-14-25(5,6)33/h13-14,17,34H,8-12,15H2,1-7H3,(H,27,30)(H,28,32);2*13-14,16-18,34H,8-12H2,1-7H3,(H,27,28)(H,29,32);12-13,16-17,33H,7-11,14H2,1-6H3,(H,26,28)(H,27,31)/t17-;16-,17+,18+;16-,17+,18-;16-,17+/m0111/s1. The van der Waals surface area contributed by atoms with Crippen molar-refractivity contribution in [3.63, 3.8) is 0 Å². The number of nitrogens with zero attached hydrogens (tertiary/aromatic N) is 12. The number of aliphatic hydroxyl groups is 4. The van der Waals surface area contributed by atoms with Crippen LogP contribution in [0.5, 0.6) is 0 Å².